The van der Waals surface area contributed by atoms with Crippen LogP contribution < -0.4 is 0 Å². The van der Waals surface area contributed by atoms with Crippen molar-refractivity contribution in [2.45, 2.75) is 45.1 Å². The summed E-state index contributed by atoms with van der Waals surface area (Å²) in [6.07, 6.45) is 4.45. The van der Waals surface area contributed by atoms with Gasteiger partial charge >= 0.3 is 5.97 Å². The zero-order valence-electron chi connectivity index (χ0n) is 12.0. The van der Waals surface area contributed by atoms with Crippen LogP contribution in [0, 0.1) is 0 Å². The van der Waals surface area contributed by atoms with Crippen LogP contribution >= 0.6 is 0 Å². The Hall–Kier alpha value is -1.43. The normalized spacial score (nSPS) is 18.9. The molecule has 0 spiro atoms. The largest absolute Gasteiger partial charge is 0.464 e. The maximum Gasteiger partial charge on any atom is 0.332 e. The second-order valence-electron chi connectivity index (χ2n) is 4.75. The van der Waals surface area contributed by atoms with E-state index in [9.17, 15) is 14.4 Å². The van der Waals surface area contributed by atoms with Crippen LogP contribution in [0.2, 0.25) is 0 Å². The smallest absolute Gasteiger partial charge is 0.332 e. The third kappa shape index (κ3) is 5.69. The molecular formula is C14H23NO5. The highest BCUT2D eigenvalue weighted by Gasteiger charge is 2.26. The Balaban J connectivity index is 2.12. The van der Waals surface area contributed by atoms with Gasteiger partial charge in [-0.1, -0.05) is 0 Å². The van der Waals surface area contributed by atoms with Crippen LogP contribution in [0.15, 0.2) is 0 Å². The third-order valence-corrected chi connectivity index (χ3v) is 3.23. The molecule has 0 bridgehead atoms. The standard InChI is InChI=1S/C14H23NO5/c1-2-20-14(18)11-19-9-4-3-8-15-12(10-16)6-5-7-13(15)17/h10,12H,2-9,11H2,1H3/t12-/m1/s1. The highest BCUT2D eigenvalue weighted by atomic mass is 16.6. The number of carbonyl (C=O) groups excluding carboxylic acids is 3. The molecule has 1 fully saturated rings. The molecule has 0 unspecified atom stereocenters. The SMILES string of the molecule is CCOC(=O)COCCCCN1C(=O)CCC[C@@H]1C=O. The molecule has 20 heavy (non-hydrogen) atoms. The van der Waals surface area contributed by atoms with Gasteiger partial charge in [-0.15, -0.1) is 0 Å². The molecule has 1 rings (SSSR count). The number of esters is 1. The number of amides is 1. The van der Waals surface area contributed by atoms with Gasteiger partial charge in [-0.25, -0.2) is 4.79 Å². The molecule has 6 nitrogen and oxygen atoms in total. The molecular weight excluding hydrogens is 262 g/mol. The van der Waals surface area contributed by atoms with Gasteiger partial charge in [0.15, 0.2) is 0 Å². The summed E-state index contributed by atoms with van der Waals surface area (Å²) in [5.74, 6) is -0.305. The Morgan fingerprint density at radius 3 is 2.95 bits per heavy atom. The lowest BCUT2D eigenvalue weighted by atomic mass is 10.0. The number of hydrogen-bond acceptors (Lipinski definition) is 5. The lowest BCUT2D eigenvalue weighted by molar-refractivity contribution is -0.148. The number of aldehydes is 1. The van der Waals surface area contributed by atoms with Crippen molar-refractivity contribution in [3.63, 3.8) is 0 Å². The van der Waals surface area contributed by atoms with E-state index < -0.39 is 0 Å². The second kappa shape index (κ2) is 9.47. The Morgan fingerprint density at radius 1 is 1.45 bits per heavy atom. The maximum atomic E-state index is 11.7. The Labute approximate surface area is 119 Å². The molecule has 1 aliphatic rings. The molecule has 0 aromatic carbocycles. The van der Waals surface area contributed by atoms with E-state index in [1.807, 2.05) is 0 Å². The first-order valence-corrected chi connectivity index (χ1v) is 7.17. The van der Waals surface area contributed by atoms with E-state index in [1.54, 1.807) is 11.8 Å². The quantitative estimate of drug-likeness (QED) is 0.358. The van der Waals surface area contributed by atoms with E-state index in [1.165, 1.54) is 0 Å². The van der Waals surface area contributed by atoms with Gasteiger partial charge in [0, 0.05) is 19.6 Å². The van der Waals surface area contributed by atoms with Crippen LogP contribution in [0.25, 0.3) is 0 Å². The summed E-state index contributed by atoms with van der Waals surface area (Å²) >= 11 is 0. The van der Waals surface area contributed by atoms with E-state index >= 15 is 0 Å². The number of likely N-dealkylation sites (tertiary alicyclic amines) is 1. The third-order valence-electron chi connectivity index (χ3n) is 3.23. The molecule has 0 aliphatic carbocycles. The highest BCUT2D eigenvalue weighted by Crippen LogP contribution is 2.17. The van der Waals surface area contributed by atoms with Gasteiger partial charge in [0.25, 0.3) is 0 Å². The predicted molar refractivity (Wildman–Crippen MR) is 72.1 cm³/mol. The average Bonchev–Trinajstić information content (AvgIpc) is 2.44. The van der Waals surface area contributed by atoms with Crippen LogP contribution in [0.1, 0.15) is 39.0 Å². The zero-order valence-corrected chi connectivity index (χ0v) is 12.0. The molecule has 1 heterocycles. The topological polar surface area (TPSA) is 72.9 Å². The molecule has 0 aromatic heterocycles. The molecule has 1 aliphatic heterocycles. The van der Waals surface area contributed by atoms with E-state index in [2.05, 4.69) is 0 Å². The van der Waals surface area contributed by atoms with E-state index in [-0.39, 0.29) is 24.5 Å². The molecule has 6 heteroatoms. The minimum atomic E-state index is -0.361. The molecule has 114 valence electrons. The first-order chi connectivity index (χ1) is 9.69. The van der Waals surface area contributed by atoms with Crippen LogP contribution in [-0.4, -0.2) is 55.5 Å². The van der Waals surface area contributed by atoms with Crippen molar-refractivity contribution < 1.29 is 23.9 Å². The molecule has 0 aromatic rings. The van der Waals surface area contributed by atoms with E-state index in [0.29, 0.717) is 26.2 Å². The summed E-state index contributed by atoms with van der Waals surface area (Å²) in [6, 6.07) is -0.267. The number of nitrogens with zero attached hydrogens (tertiary/aromatic N) is 1. The Kier molecular flexibility index (Phi) is 7.87. The summed E-state index contributed by atoms with van der Waals surface area (Å²) in [6.45, 7) is 3.09. The van der Waals surface area contributed by atoms with Gasteiger partial charge in [0.1, 0.15) is 12.9 Å². The molecule has 0 N–H and O–H groups in total. The number of carbonyl (C=O) groups is 3. The van der Waals surface area contributed by atoms with Crippen LogP contribution in [0.4, 0.5) is 0 Å². The van der Waals surface area contributed by atoms with Gasteiger partial charge in [-0.3, -0.25) is 4.79 Å². The average molecular weight is 285 g/mol. The molecule has 0 radical (unpaired) electrons. The fraction of sp³-hybridized carbons (Fsp3) is 0.786. The van der Waals surface area contributed by atoms with Gasteiger partial charge in [0.2, 0.25) is 5.91 Å². The molecule has 1 amide bonds. The number of ether oxygens (including phenoxy) is 2. The van der Waals surface area contributed by atoms with Crippen molar-refractivity contribution in [1.82, 2.24) is 4.90 Å². The van der Waals surface area contributed by atoms with E-state index in [0.717, 1.165) is 32.0 Å². The molecule has 0 saturated carbocycles. The summed E-state index contributed by atoms with van der Waals surface area (Å²) in [4.78, 5) is 35.3. The lowest BCUT2D eigenvalue weighted by Gasteiger charge is -2.32. The Bertz CT molecular complexity index is 332. The lowest BCUT2D eigenvalue weighted by Crippen LogP contribution is -2.45. The predicted octanol–water partition coefficient (Wildman–Crippen LogP) is 0.926. The van der Waals surface area contributed by atoms with Crippen LogP contribution in [0.5, 0.6) is 0 Å². The highest BCUT2D eigenvalue weighted by molar-refractivity contribution is 5.81. The summed E-state index contributed by atoms with van der Waals surface area (Å²) in [7, 11) is 0. The molecule has 1 atom stereocenters. The molecule has 1 saturated heterocycles. The van der Waals surface area contributed by atoms with Crippen molar-refractivity contribution in [2.75, 3.05) is 26.4 Å². The summed E-state index contributed by atoms with van der Waals surface area (Å²) in [5, 5.41) is 0. The maximum absolute atomic E-state index is 11.7. The number of unbranched alkanes of at least 4 members (excludes halogenated alkanes) is 1. The summed E-state index contributed by atoms with van der Waals surface area (Å²) < 4.78 is 9.90. The van der Waals surface area contributed by atoms with Gasteiger partial charge in [-0.05, 0) is 32.6 Å². The first-order valence-electron chi connectivity index (χ1n) is 7.17. The minimum Gasteiger partial charge on any atom is -0.464 e. The van der Waals surface area contributed by atoms with E-state index in [4.69, 9.17) is 9.47 Å². The second-order valence-corrected chi connectivity index (χ2v) is 4.75. The minimum absolute atomic E-state index is 0.0343. The Morgan fingerprint density at radius 2 is 2.25 bits per heavy atom. The first kappa shape index (κ1) is 16.6. The van der Waals surface area contributed by atoms with Gasteiger partial charge in [-0.2, -0.15) is 0 Å². The number of piperidine rings is 1. The van der Waals surface area contributed by atoms with Crippen molar-refractivity contribution in [1.29, 1.82) is 0 Å². The van der Waals surface area contributed by atoms with Crippen molar-refractivity contribution in [3.8, 4) is 0 Å². The van der Waals surface area contributed by atoms with Crippen molar-refractivity contribution in [3.05, 3.63) is 0 Å². The van der Waals surface area contributed by atoms with Gasteiger partial charge < -0.3 is 19.2 Å². The number of hydrogen-bond donors (Lipinski definition) is 0. The van der Waals surface area contributed by atoms with Gasteiger partial charge in [0.05, 0.1) is 12.6 Å². The number of rotatable bonds is 9. The van der Waals surface area contributed by atoms with Crippen molar-refractivity contribution >= 4 is 18.2 Å². The van der Waals surface area contributed by atoms with Crippen molar-refractivity contribution in [2.24, 2.45) is 0 Å². The van der Waals surface area contributed by atoms with Crippen LogP contribution in [0.3, 0.4) is 0 Å². The zero-order chi connectivity index (χ0) is 14.8. The van der Waals surface area contributed by atoms with Crippen LogP contribution in [-0.2, 0) is 23.9 Å². The fourth-order valence-corrected chi connectivity index (χ4v) is 2.22. The fourth-order valence-electron chi connectivity index (χ4n) is 2.22. The summed E-state index contributed by atoms with van der Waals surface area (Å²) in [5.41, 5.74) is 0. The monoisotopic (exact) mass is 285 g/mol.